The van der Waals surface area contributed by atoms with Crippen LogP contribution in [0.3, 0.4) is 0 Å². The highest BCUT2D eigenvalue weighted by molar-refractivity contribution is 5.85. The van der Waals surface area contributed by atoms with E-state index in [1.165, 1.54) is 50.7 Å². The van der Waals surface area contributed by atoms with E-state index in [1.807, 2.05) is 0 Å². The van der Waals surface area contributed by atoms with E-state index in [0.29, 0.717) is 16.7 Å². The van der Waals surface area contributed by atoms with Crippen LogP contribution in [0.5, 0.6) is 0 Å². The van der Waals surface area contributed by atoms with Crippen molar-refractivity contribution in [1.82, 2.24) is 0 Å². The first kappa shape index (κ1) is 17.8. The lowest BCUT2D eigenvalue weighted by Gasteiger charge is -2.61. The Morgan fingerprint density at radius 1 is 0.960 bits per heavy atom. The van der Waals surface area contributed by atoms with Crippen LogP contribution in [-0.2, 0) is 4.84 Å². The Labute approximate surface area is 153 Å². The highest BCUT2D eigenvalue weighted by atomic mass is 16.6. The van der Waals surface area contributed by atoms with Crippen molar-refractivity contribution in [2.45, 2.75) is 84.7 Å². The molecule has 4 fully saturated rings. The number of hydrogen-bond acceptors (Lipinski definition) is 3. The van der Waals surface area contributed by atoms with Gasteiger partial charge in [-0.3, -0.25) is 0 Å². The lowest BCUT2D eigenvalue weighted by atomic mass is 9.44. The SMILES string of the molecule is CO/N=C(\C)[C@H]1CC[C@H]2[C@@H]3CCC4CC(O)CC[C@]4(C)[C@H]3CC[C@]12C. The maximum atomic E-state index is 10.2. The Bertz CT molecular complexity index is 546. The lowest BCUT2D eigenvalue weighted by molar-refractivity contribution is -0.123. The van der Waals surface area contributed by atoms with Gasteiger partial charge in [0.2, 0.25) is 0 Å². The molecule has 0 aromatic rings. The van der Waals surface area contributed by atoms with E-state index in [0.717, 1.165) is 36.5 Å². The van der Waals surface area contributed by atoms with Gasteiger partial charge in [-0.1, -0.05) is 19.0 Å². The van der Waals surface area contributed by atoms with Crippen LogP contribution in [0, 0.1) is 40.4 Å². The molecule has 3 nitrogen and oxygen atoms in total. The lowest BCUT2D eigenvalue weighted by Crippen LogP contribution is -2.54. The second-order valence-corrected chi connectivity index (χ2v) is 10.2. The van der Waals surface area contributed by atoms with Crippen molar-refractivity contribution < 1.29 is 9.94 Å². The highest BCUT2D eigenvalue weighted by Crippen LogP contribution is 2.67. The molecule has 2 unspecified atom stereocenters. The van der Waals surface area contributed by atoms with E-state index in [1.54, 1.807) is 7.11 Å². The molecular weight excluding hydrogens is 310 g/mol. The summed E-state index contributed by atoms with van der Waals surface area (Å²) in [6.07, 6.45) is 11.4. The largest absolute Gasteiger partial charge is 0.399 e. The van der Waals surface area contributed by atoms with Crippen LogP contribution >= 0.6 is 0 Å². The zero-order chi connectivity index (χ0) is 17.8. The Hall–Kier alpha value is -0.570. The molecule has 0 amide bonds. The van der Waals surface area contributed by atoms with Gasteiger partial charge in [-0.2, -0.15) is 0 Å². The maximum absolute atomic E-state index is 10.2. The summed E-state index contributed by atoms with van der Waals surface area (Å²) in [5.74, 6) is 4.02. The molecule has 142 valence electrons. The number of hydrogen-bond donors (Lipinski definition) is 1. The van der Waals surface area contributed by atoms with E-state index in [9.17, 15) is 5.11 Å². The fraction of sp³-hybridized carbons (Fsp3) is 0.955. The molecule has 0 aromatic heterocycles. The Kier molecular flexibility index (Phi) is 4.46. The molecule has 25 heavy (non-hydrogen) atoms. The number of aliphatic hydroxyl groups excluding tert-OH is 1. The molecule has 4 aliphatic carbocycles. The summed E-state index contributed by atoms with van der Waals surface area (Å²) in [5, 5.41) is 14.5. The first-order valence-electron chi connectivity index (χ1n) is 10.7. The number of fused-ring (bicyclic) bond motifs is 5. The molecule has 0 aliphatic heterocycles. The summed E-state index contributed by atoms with van der Waals surface area (Å²) in [6, 6.07) is 0. The fourth-order valence-corrected chi connectivity index (χ4v) is 8.13. The van der Waals surface area contributed by atoms with Gasteiger partial charge in [-0.15, -0.1) is 0 Å². The first-order valence-corrected chi connectivity index (χ1v) is 10.7. The van der Waals surface area contributed by atoms with Crippen LogP contribution < -0.4 is 0 Å². The average Bonchev–Trinajstić information content (AvgIpc) is 2.93. The molecule has 1 N–H and O–H groups in total. The summed E-state index contributed by atoms with van der Waals surface area (Å²) >= 11 is 0. The number of nitrogens with zero attached hydrogens (tertiary/aromatic N) is 1. The fourth-order valence-electron chi connectivity index (χ4n) is 8.13. The summed E-state index contributed by atoms with van der Waals surface area (Å²) in [4.78, 5) is 5.11. The minimum atomic E-state index is -0.0350. The van der Waals surface area contributed by atoms with Gasteiger partial charge >= 0.3 is 0 Å². The van der Waals surface area contributed by atoms with Crippen molar-refractivity contribution >= 4 is 5.71 Å². The Balaban J connectivity index is 1.59. The molecule has 3 heteroatoms. The third-order valence-electron chi connectivity index (χ3n) is 9.38. The Morgan fingerprint density at radius 3 is 2.44 bits per heavy atom. The molecule has 0 spiro atoms. The summed E-state index contributed by atoms with van der Waals surface area (Å²) in [7, 11) is 1.68. The number of rotatable bonds is 2. The van der Waals surface area contributed by atoms with Crippen molar-refractivity contribution in [3.8, 4) is 0 Å². The first-order chi connectivity index (χ1) is 11.9. The third-order valence-corrected chi connectivity index (χ3v) is 9.38. The second-order valence-electron chi connectivity index (χ2n) is 10.2. The van der Waals surface area contributed by atoms with Gasteiger partial charge in [0.1, 0.15) is 7.11 Å². The minimum Gasteiger partial charge on any atom is -0.399 e. The Morgan fingerprint density at radius 2 is 1.68 bits per heavy atom. The summed E-state index contributed by atoms with van der Waals surface area (Å²) in [5.41, 5.74) is 2.12. The highest BCUT2D eigenvalue weighted by Gasteiger charge is 2.60. The van der Waals surface area contributed by atoms with E-state index in [4.69, 9.17) is 4.84 Å². The van der Waals surface area contributed by atoms with Gasteiger partial charge < -0.3 is 9.94 Å². The molecule has 0 bridgehead atoms. The van der Waals surface area contributed by atoms with Gasteiger partial charge in [0.05, 0.1) is 11.8 Å². The maximum Gasteiger partial charge on any atom is 0.106 e. The zero-order valence-electron chi connectivity index (χ0n) is 16.6. The quantitative estimate of drug-likeness (QED) is 0.562. The van der Waals surface area contributed by atoms with Gasteiger partial charge in [-0.05, 0) is 99.2 Å². The van der Waals surface area contributed by atoms with Crippen molar-refractivity contribution in [3.05, 3.63) is 0 Å². The predicted octanol–water partition coefficient (Wildman–Crippen LogP) is 5.03. The monoisotopic (exact) mass is 347 g/mol. The van der Waals surface area contributed by atoms with Crippen LogP contribution in [0.25, 0.3) is 0 Å². The molecule has 0 heterocycles. The number of oxime groups is 1. The van der Waals surface area contributed by atoms with Crippen molar-refractivity contribution in [2.24, 2.45) is 45.6 Å². The van der Waals surface area contributed by atoms with Crippen LogP contribution in [0.4, 0.5) is 0 Å². The van der Waals surface area contributed by atoms with E-state index in [2.05, 4.69) is 25.9 Å². The van der Waals surface area contributed by atoms with Crippen molar-refractivity contribution in [1.29, 1.82) is 0 Å². The molecule has 0 saturated heterocycles. The minimum absolute atomic E-state index is 0.0350. The number of aliphatic hydroxyl groups is 1. The normalized spacial score (nSPS) is 52.9. The predicted molar refractivity (Wildman–Crippen MR) is 101 cm³/mol. The molecule has 0 radical (unpaired) electrons. The summed E-state index contributed by atoms with van der Waals surface area (Å²) < 4.78 is 0. The second kappa shape index (κ2) is 6.25. The molecule has 4 rings (SSSR count). The molecule has 4 aliphatic rings. The van der Waals surface area contributed by atoms with Gasteiger partial charge in [0.15, 0.2) is 0 Å². The topological polar surface area (TPSA) is 41.8 Å². The van der Waals surface area contributed by atoms with E-state index < -0.39 is 0 Å². The zero-order valence-corrected chi connectivity index (χ0v) is 16.6. The molecule has 0 aromatic carbocycles. The smallest absolute Gasteiger partial charge is 0.106 e. The van der Waals surface area contributed by atoms with Gasteiger partial charge in [0.25, 0.3) is 0 Å². The average molecular weight is 348 g/mol. The van der Waals surface area contributed by atoms with Crippen molar-refractivity contribution in [2.75, 3.05) is 7.11 Å². The van der Waals surface area contributed by atoms with Crippen LogP contribution in [0.1, 0.15) is 78.6 Å². The third kappa shape index (κ3) is 2.59. The van der Waals surface area contributed by atoms with E-state index >= 15 is 0 Å². The van der Waals surface area contributed by atoms with Crippen LogP contribution in [0.2, 0.25) is 0 Å². The standard InChI is InChI=1S/C22H37NO2/c1-14(23-25-4)18-7-8-19-17-6-5-15-13-16(24)9-11-21(15,2)20(17)10-12-22(18,19)3/h15-20,24H,5-13H2,1-4H3/b23-14+/t15?,16?,17-,18+,19-,20-,21-,22+/m0/s1. The molecule has 8 atom stereocenters. The molecular formula is C22H37NO2. The molecule has 4 saturated carbocycles. The van der Waals surface area contributed by atoms with Crippen LogP contribution in [0.15, 0.2) is 5.16 Å². The van der Waals surface area contributed by atoms with Gasteiger partial charge in [0, 0.05) is 5.92 Å². The van der Waals surface area contributed by atoms with Gasteiger partial charge in [-0.25, -0.2) is 0 Å². The van der Waals surface area contributed by atoms with E-state index in [-0.39, 0.29) is 6.10 Å². The van der Waals surface area contributed by atoms with Crippen LogP contribution in [-0.4, -0.2) is 24.0 Å². The van der Waals surface area contributed by atoms with Crippen molar-refractivity contribution in [3.63, 3.8) is 0 Å². The summed E-state index contributed by atoms with van der Waals surface area (Å²) in [6.45, 7) is 7.31.